The Balaban J connectivity index is 1.59. The maximum atomic E-state index is 13.7. The van der Waals surface area contributed by atoms with Gasteiger partial charge in [0.2, 0.25) is 5.76 Å². The number of halogens is 3. The molecule has 0 saturated heterocycles. The van der Waals surface area contributed by atoms with Crippen LogP contribution in [0.2, 0.25) is 0 Å². The lowest BCUT2D eigenvalue weighted by atomic mass is 10.1. The second-order valence-electron chi connectivity index (χ2n) is 5.39. The number of nitrogens with one attached hydrogen (secondary N) is 1. The van der Waals surface area contributed by atoms with E-state index in [-0.39, 0.29) is 22.8 Å². The molecule has 0 aliphatic heterocycles. The zero-order chi connectivity index (χ0) is 19.4. The van der Waals surface area contributed by atoms with E-state index in [4.69, 9.17) is 9.15 Å². The van der Waals surface area contributed by atoms with Crippen molar-refractivity contribution in [2.45, 2.75) is 0 Å². The Bertz CT molecular complexity index is 1000. The molecule has 27 heavy (non-hydrogen) atoms. The van der Waals surface area contributed by atoms with E-state index in [1.165, 1.54) is 42.5 Å². The molecule has 0 atom stereocenters. The fraction of sp³-hybridized carbons (Fsp3) is 0.0526. The summed E-state index contributed by atoms with van der Waals surface area (Å²) in [7, 11) is 0. The number of hydrogen-bond acceptors (Lipinski definition) is 4. The number of esters is 1. The summed E-state index contributed by atoms with van der Waals surface area (Å²) in [5.74, 6) is -2.78. The number of hydrogen-bond donors (Lipinski definition) is 1. The minimum atomic E-state index is -0.899. The monoisotopic (exact) mass is 435 g/mol. The SMILES string of the molecule is O=C(COC(=O)c1ccc(-c2ccccc2F)o1)Nc1ccc(Br)cc1F. The van der Waals surface area contributed by atoms with E-state index < -0.39 is 30.1 Å². The first kappa shape index (κ1) is 18.8. The highest BCUT2D eigenvalue weighted by atomic mass is 79.9. The van der Waals surface area contributed by atoms with Crippen LogP contribution in [0.3, 0.4) is 0 Å². The first-order valence-electron chi connectivity index (χ1n) is 7.71. The number of benzene rings is 2. The maximum absolute atomic E-state index is 13.7. The van der Waals surface area contributed by atoms with Crippen molar-refractivity contribution < 1.29 is 27.5 Å². The van der Waals surface area contributed by atoms with Gasteiger partial charge in [-0.25, -0.2) is 13.6 Å². The highest BCUT2D eigenvalue weighted by molar-refractivity contribution is 9.10. The maximum Gasteiger partial charge on any atom is 0.374 e. The molecule has 0 spiro atoms. The van der Waals surface area contributed by atoms with Crippen LogP contribution in [0.25, 0.3) is 11.3 Å². The number of anilines is 1. The van der Waals surface area contributed by atoms with Gasteiger partial charge in [-0.1, -0.05) is 28.1 Å². The van der Waals surface area contributed by atoms with Crippen molar-refractivity contribution in [3.05, 3.63) is 76.5 Å². The second kappa shape index (κ2) is 8.13. The molecular formula is C19H12BrF2NO4. The van der Waals surface area contributed by atoms with Gasteiger partial charge in [-0.2, -0.15) is 0 Å². The summed E-state index contributed by atoms with van der Waals surface area (Å²) in [5, 5.41) is 2.29. The van der Waals surface area contributed by atoms with Gasteiger partial charge in [0.1, 0.15) is 17.4 Å². The van der Waals surface area contributed by atoms with E-state index in [9.17, 15) is 18.4 Å². The third-order valence-corrected chi connectivity index (χ3v) is 3.98. The Morgan fingerprint density at radius 2 is 1.81 bits per heavy atom. The Labute approximate surface area is 161 Å². The summed E-state index contributed by atoms with van der Waals surface area (Å²) in [5.41, 5.74) is 0.152. The number of rotatable bonds is 5. The van der Waals surface area contributed by atoms with Gasteiger partial charge < -0.3 is 14.5 Å². The van der Waals surface area contributed by atoms with Crippen molar-refractivity contribution in [1.82, 2.24) is 0 Å². The summed E-state index contributed by atoms with van der Waals surface area (Å²) < 4.78 is 38.1. The van der Waals surface area contributed by atoms with Crippen molar-refractivity contribution in [2.24, 2.45) is 0 Å². The van der Waals surface area contributed by atoms with Crippen molar-refractivity contribution in [3.8, 4) is 11.3 Å². The normalized spacial score (nSPS) is 10.5. The van der Waals surface area contributed by atoms with Gasteiger partial charge in [-0.3, -0.25) is 4.79 Å². The Hall–Kier alpha value is -3.00. The Morgan fingerprint density at radius 1 is 1.04 bits per heavy atom. The molecule has 0 bridgehead atoms. The van der Waals surface area contributed by atoms with Gasteiger partial charge in [-0.15, -0.1) is 0 Å². The minimum absolute atomic E-state index is 0.0425. The first-order valence-corrected chi connectivity index (χ1v) is 8.50. The van der Waals surface area contributed by atoms with Gasteiger partial charge in [-0.05, 0) is 42.5 Å². The predicted octanol–water partition coefficient (Wildman–Crippen LogP) is 4.78. The van der Waals surface area contributed by atoms with Gasteiger partial charge in [0.25, 0.3) is 5.91 Å². The molecule has 0 aliphatic rings. The minimum Gasteiger partial charge on any atom is -0.450 e. The van der Waals surface area contributed by atoms with E-state index in [1.807, 2.05) is 0 Å². The molecule has 3 aromatic rings. The lowest BCUT2D eigenvalue weighted by Crippen LogP contribution is -2.21. The van der Waals surface area contributed by atoms with E-state index in [1.54, 1.807) is 12.1 Å². The molecule has 0 unspecified atom stereocenters. The molecule has 0 saturated carbocycles. The summed E-state index contributed by atoms with van der Waals surface area (Å²) in [4.78, 5) is 23.8. The molecular weight excluding hydrogens is 424 g/mol. The molecule has 1 aromatic heterocycles. The standard InChI is InChI=1S/C19H12BrF2NO4/c20-11-5-6-15(14(22)9-11)23-18(24)10-26-19(25)17-8-7-16(27-17)12-3-1-2-4-13(12)21/h1-9H,10H2,(H,23,24). The Kier molecular flexibility index (Phi) is 5.66. The molecule has 0 aliphatic carbocycles. The van der Waals surface area contributed by atoms with Gasteiger partial charge in [0.15, 0.2) is 6.61 Å². The van der Waals surface area contributed by atoms with E-state index >= 15 is 0 Å². The topological polar surface area (TPSA) is 68.5 Å². The average molecular weight is 436 g/mol. The number of carbonyl (C=O) groups is 2. The smallest absolute Gasteiger partial charge is 0.374 e. The van der Waals surface area contributed by atoms with Gasteiger partial charge in [0, 0.05) is 4.47 Å². The van der Waals surface area contributed by atoms with Crippen LogP contribution in [-0.2, 0) is 9.53 Å². The Morgan fingerprint density at radius 3 is 2.56 bits per heavy atom. The van der Waals surface area contributed by atoms with Crippen molar-refractivity contribution in [2.75, 3.05) is 11.9 Å². The molecule has 3 rings (SSSR count). The molecule has 8 heteroatoms. The predicted molar refractivity (Wildman–Crippen MR) is 97.1 cm³/mol. The largest absolute Gasteiger partial charge is 0.450 e. The third-order valence-electron chi connectivity index (χ3n) is 3.49. The molecule has 2 aromatic carbocycles. The van der Waals surface area contributed by atoms with Crippen LogP contribution >= 0.6 is 15.9 Å². The lowest BCUT2D eigenvalue weighted by molar-refractivity contribution is -0.119. The molecule has 1 amide bonds. The van der Waals surface area contributed by atoms with Crippen LogP contribution in [-0.4, -0.2) is 18.5 Å². The van der Waals surface area contributed by atoms with Crippen LogP contribution in [0.4, 0.5) is 14.5 Å². The highest BCUT2D eigenvalue weighted by Crippen LogP contribution is 2.25. The molecule has 0 radical (unpaired) electrons. The van der Waals surface area contributed by atoms with E-state index in [0.717, 1.165) is 0 Å². The molecule has 5 nitrogen and oxygen atoms in total. The average Bonchev–Trinajstić information content (AvgIpc) is 3.12. The summed E-state index contributed by atoms with van der Waals surface area (Å²) in [6, 6.07) is 12.8. The van der Waals surface area contributed by atoms with Crippen molar-refractivity contribution in [3.63, 3.8) is 0 Å². The van der Waals surface area contributed by atoms with Crippen molar-refractivity contribution in [1.29, 1.82) is 0 Å². The number of carbonyl (C=O) groups excluding carboxylic acids is 2. The number of furan rings is 1. The fourth-order valence-electron chi connectivity index (χ4n) is 2.23. The third kappa shape index (κ3) is 4.59. The molecule has 0 fully saturated rings. The van der Waals surface area contributed by atoms with Crippen LogP contribution in [0, 0.1) is 11.6 Å². The highest BCUT2D eigenvalue weighted by Gasteiger charge is 2.17. The van der Waals surface area contributed by atoms with Gasteiger partial charge in [0.05, 0.1) is 11.3 Å². The molecule has 1 heterocycles. The number of ether oxygens (including phenoxy) is 1. The van der Waals surface area contributed by atoms with Gasteiger partial charge >= 0.3 is 5.97 Å². The van der Waals surface area contributed by atoms with Crippen molar-refractivity contribution >= 4 is 33.5 Å². The fourth-order valence-corrected chi connectivity index (χ4v) is 2.57. The summed E-state index contributed by atoms with van der Waals surface area (Å²) in [6.07, 6.45) is 0. The first-order chi connectivity index (χ1) is 12.9. The van der Waals surface area contributed by atoms with Crippen LogP contribution < -0.4 is 5.32 Å². The van der Waals surface area contributed by atoms with Crippen LogP contribution in [0.15, 0.2) is 63.5 Å². The van der Waals surface area contributed by atoms with Crippen LogP contribution in [0.5, 0.6) is 0 Å². The van der Waals surface area contributed by atoms with E-state index in [0.29, 0.717) is 4.47 Å². The summed E-state index contributed by atoms with van der Waals surface area (Å²) in [6.45, 7) is -0.635. The molecule has 138 valence electrons. The second-order valence-corrected chi connectivity index (χ2v) is 6.31. The summed E-state index contributed by atoms with van der Waals surface area (Å²) >= 11 is 3.11. The molecule has 1 N–H and O–H groups in total. The van der Waals surface area contributed by atoms with E-state index in [2.05, 4.69) is 21.2 Å². The lowest BCUT2D eigenvalue weighted by Gasteiger charge is -2.07. The number of amides is 1. The quantitative estimate of drug-likeness (QED) is 0.585. The van der Waals surface area contributed by atoms with Crippen LogP contribution in [0.1, 0.15) is 10.6 Å². The zero-order valence-corrected chi connectivity index (χ0v) is 15.3. The zero-order valence-electron chi connectivity index (χ0n) is 13.7.